The molecular formula is C36H72N2O2. The average molecular weight is 565 g/mol. The molecule has 2 N–H and O–H groups in total. The first-order valence-electron chi connectivity index (χ1n) is 18.2. The molecule has 0 spiro atoms. The molecule has 0 saturated heterocycles. The Kier molecular flexibility index (Phi) is 31.9. The predicted molar refractivity (Wildman–Crippen MR) is 175 cm³/mol. The van der Waals surface area contributed by atoms with Gasteiger partial charge in [-0.05, 0) is 12.8 Å². The van der Waals surface area contributed by atoms with Crippen LogP contribution in [-0.4, -0.2) is 16.8 Å². The summed E-state index contributed by atoms with van der Waals surface area (Å²) in [7, 11) is 0. The molecule has 2 amide bonds. The second-order valence-electron chi connectivity index (χ2n) is 12.6. The Morgan fingerprint density at radius 3 is 0.725 bits per heavy atom. The third kappa shape index (κ3) is 28.6. The second-order valence-corrected chi connectivity index (χ2v) is 12.6. The molecule has 0 atom stereocenters. The molecule has 4 nitrogen and oxygen atoms in total. The van der Waals surface area contributed by atoms with Gasteiger partial charge in [-0.1, -0.05) is 194 Å². The van der Waals surface area contributed by atoms with Gasteiger partial charge in [0.15, 0.2) is 0 Å². The summed E-state index contributed by atoms with van der Waals surface area (Å²) in [5.41, 5.74) is 0. The van der Waals surface area contributed by atoms with E-state index in [2.05, 4.69) is 13.8 Å². The monoisotopic (exact) mass is 565 g/mol. The fourth-order valence-corrected chi connectivity index (χ4v) is 5.68. The van der Waals surface area contributed by atoms with E-state index in [1.807, 2.05) is 0 Å². The van der Waals surface area contributed by atoms with E-state index in [0.29, 0.717) is 12.8 Å². The molecule has 0 aliphatic carbocycles. The number of unbranched alkanes of at least 4 members (excludes halogenated alkanes) is 28. The molecule has 0 heterocycles. The zero-order valence-electron chi connectivity index (χ0n) is 27.5. The minimum atomic E-state index is -0.208. The number of carbonyl (C=O) groups is 2. The lowest BCUT2D eigenvalue weighted by Gasteiger charge is -2.14. The number of imide groups is 1. The Morgan fingerprint density at radius 2 is 0.525 bits per heavy atom. The van der Waals surface area contributed by atoms with Crippen molar-refractivity contribution in [3.8, 4) is 0 Å². The number of hydrogen-bond acceptors (Lipinski definition) is 3. The summed E-state index contributed by atoms with van der Waals surface area (Å²) in [6, 6.07) is 0. The van der Waals surface area contributed by atoms with Gasteiger partial charge >= 0.3 is 0 Å². The van der Waals surface area contributed by atoms with Gasteiger partial charge in [0.25, 0.3) is 0 Å². The van der Waals surface area contributed by atoms with Crippen LogP contribution in [0.25, 0.3) is 0 Å². The fraction of sp³-hybridized carbons (Fsp3) is 0.944. The lowest BCUT2D eigenvalue weighted by molar-refractivity contribution is -0.145. The summed E-state index contributed by atoms with van der Waals surface area (Å²) in [6.07, 6.45) is 40.0. The van der Waals surface area contributed by atoms with Gasteiger partial charge in [-0.3, -0.25) is 9.59 Å². The number of nitrogens with two attached hydrogens (primary N) is 1. The highest BCUT2D eigenvalue weighted by Crippen LogP contribution is 2.15. The molecule has 40 heavy (non-hydrogen) atoms. The normalized spacial score (nSPS) is 11.3. The van der Waals surface area contributed by atoms with Gasteiger partial charge in [0.2, 0.25) is 11.8 Å². The molecule has 0 aliphatic heterocycles. The van der Waals surface area contributed by atoms with Crippen LogP contribution in [0.5, 0.6) is 0 Å². The minimum Gasteiger partial charge on any atom is -0.273 e. The van der Waals surface area contributed by atoms with Crippen LogP contribution in [0.4, 0.5) is 0 Å². The van der Waals surface area contributed by atoms with Crippen molar-refractivity contribution in [2.24, 2.45) is 5.84 Å². The zero-order valence-corrected chi connectivity index (χ0v) is 27.5. The van der Waals surface area contributed by atoms with Gasteiger partial charge in [0, 0.05) is 12.8 Å². The van der Waals surface area contributed by atoms with E-state index in [9.17, 15) is 9.59 Å². The maximum atomic E-state index is 12.3. The van der Waals surface area contributed by atoms with Crippen LogP contribution in [0.3, 0.4) is 0 Å². The molecule has 0 aromatic carbocycles. The molecule has 238 valence electrons. The van der Waals surface area contributed by atoms with Gasteiger partial charge in [-0.25, -0.2) is 10.9 Å². The van der Waals surface area contributed by atoms with Crippen molar-refractivity contribution in [2.75, 3.05) is 0 Å². The summed E-state index contributed by atoms with van der Waals surface area (Å²) in [6.45, 7) is 4.55. The van der Waals surface area contributed by atoms with E-state index < -0.39 is 0 Å². The number of amides is 2. The van der Waals surface area contributed by atoms with Crippen molar-refractivity contribution >= 4 is 11.8 Å². The van der Waals surface area contributed by atoms with E-state index >= 15 is 0 Å². The van der Waals surface area contributed by atoms with Crippen LogP contribution in [0, 0.1) is 0 Å². The largest absolute Gasteiger partial charge is 0.273 e. The van der Waals surface area contributed by atoms with Crippen LogP contribution < -0.4 is 5.84 Å². The Morgan fingerprint density at radius 1 is 0.350 bits per heavy atom. The van der Waals surface area contributed by atoms with Crippen LogP contribution in [0.15, 0.2) is 0 Å². The number of rotatable bonds is 32. The quantitative estimate of drug-likeness (QED) is 0.0382. The number of hydrogen-bond donors (Lipinski definition) is 1. The molecule has 0 radical (unpaired) electrons. The minimum absolute atomic E-state index is 0.208. The summed E-state index contributed by atoms with van der Waals surface area (Å²) < 4.78 is 0. The maximum absolute atomic E-state index is 12.3. The SMILES string of the molecule is CCCCCCCCCCCCCCCCCC(=O)N(N)C(=O)CCCCCCCCCCCCCCCCC. The first kappa shape index (κ1) is 39.1. The summed E-state index contributed by atoms with van der Waals surface area (Å²) in [5, 5.41) is 0.896. The standard InChI is InChI=1S/C36H72N2O2/c1-3-5-7-9-11-13-15-17-19-21-23-25-27-29-31-33-35(39)38(37)36(40)34-32-30-28-26-24-22-20-18-16-14-12-10-8-6-4-2/h3-34,37H2,1-2H3. The second kappa shape index (κ2) is 32.6. The Labute approximate surface area is 251 Å². The van der Waals surface area contributed by atoms with Crippen molar-refractivity contribution in [3.05, 3.63) is 0 Å². The molecule has 0 aliphatic rings. The van der Waals surface area contributed by atoms with Gasteiger partial charge in [0.1, 0.15) is 0 Å². The van der Waals surface area contributed by atoms with Crippen molar-refractivity contribution < 1.29 is 9.59 Å². The van der Waals surface area contributed by atoms with Crippen LogP contribution in [0.1, 0.15) is 219 Å². The van der Waals surface area contributed by atoms with Gasteiger partial charge in [-0.2, -0.15) is 0 Å². The molecule has 0 fully saturated rings. The highest BCUT2D eigenvalue weighted by Gasteiger charge is 2.16. The Balaban J connectivity index is 3.41. The van der Waals surface area contributed by atoms with E-state index in [0.717, 1.165) is 30.7 Å². The average Bonchev–Trinajstić information content (AvgIpc) is 2.96. The summed E-state index contributed by atoms with van der Waals surface area (Å²) in [5.74, 6) is 5.40. The molecule has 0 aromatic heterocycles. The molecular weight excluding hydrogens is 492 g/mol. The number of hydrazine groups is 1. The highest BCUT2D eigenvalue weighted by molar-refractivity contribution is 5.94. The number of carbonyl (C=O) groups excluding carboxylic acids is 2. The Hall–Kier alpha value is -0.900. The number of nitrogens with zero attached hydrogens (tertiary/aromatic N) is 1. The first-order valence-corrected chi connectivity index (χ1v) is 18.2. The fourth-order valence-electron chi connectivity index (χ4n) is 5.68. The molecule has 0 aromatic rings. The van der Waals surface area contributed by atoms with E-state index in [1.54, 1.807) is 0 Å². The molecule has 0 unspecified atom stereocenters. The van der Waals surface area contributed by atoms with Crippen molar-refractivity contribution in [1.82, 2.24) is 5.01 Å². The summed E-state index contributed by atoms with van der Waals surface area (Å²) in [4.78, 5) is 24.5. The summed E-state index contributed by atoms with van der Waals surface area (Å²) >= 11 is 0. The van der Waals surface area contributed by atoms with E-state index in [-0.39, 0.29) is 11.8 Å². The first-order chi connectivity index (χ1) is 19.6. The van der Waals surface area contributed by atoms with Crippen molar-refractivity contribution in [3.63, 3.8) is 0 Å². The van der Waals surface area contributed by atoms with Gasteiger partial charge < -0.3 is 0 Å². The third-order valence-electron chi connectivity index (χ3n) is 8.53. The predicted octanol–water partition coefficient (Wildman–Crippen LogP) is 11.7. The highest BCUT2D eigenvalue weighted by atomic mass is 16.2. The van der Waals surface area contributed by atoms with Crippen LogP contribution in [0.2, 0.25) is 0 Å². The molecule has 0 saturated carbocycles. The zero-order chi connectivity index (χ0) is 29.4. The molecule has 0 rings (SSSR count). The smallest absolute Gasteiger partial charge is 0.243 e. The van der Waals surface area contributed by atoms with Crippen molar-refractivity contribution in [1.29, 1.82) is 0 Å². The van der Waals surface area contributed by atoms with Gasteiger partial charge in [-0.15, -0.1) is 0 Å². The van der Waals surface area contributed by atoms with E-state index in [4.69, 9.17) is 5.84 Å². The molecule has 4 heteroatoms. The van der Waals surface area contributed by atoms with E-state index in [1.165, 1.54) is 167 Å². The molecule has 0 bridgehead atoms. The third-order valence-corrected chi connectivity index (χ3v) is 8.53. The lowest BCUT2D eigenvalue weighted by Crippen LogP contribution is -2.42. The lowest BCUT2D eigenvalue weighted by atomic mass is 10.0. The topological polar surface area (TPSA) is 63.4 Å². The van der Waals surface area contributed by atoms with Gasteiger partial charge in [0.05, 0.1) is 0 Å². The van der Waals surface area contributed by atoms with Crippen LogP contribution >= 0.6 is 0 Å². The van der Waals surface area contributed by atoms with Crippen molar-refractivity contribution in [2.45, 2.75) is 219 Å². The Bertz CT molecular complexity index is 491. The van der Waals surface area contributed by atoms with Crippen LogP contribution in [-0.2, 0) is 9.59 Å². The maximum Gasteiger partial charge on any atom is 0.243 e.